The van der Waals surface area contributed by atoms with Crippen LogP contribution in [0.3, 0.4) is 0 Å². The van der Waals surface area contributed by atoms with Crippen molar-refractivity contribution >= 4 is 0 Å². The Morgan fingerprint density at radius 2 is 1.62 bits per heavy atom. The van der Waals surface area contributed by atoms with Crippen LogP contribution in [-0.4, -0.2) is 4.57 Å². The fraction of sp³-hybridized carbons (Fsp3) is 0.421. The molecular formula is C19H22F3NO. The summed E-state index contributed by atoms with van der Waals surface area (Å²) >= 11 is 0. The lowest BCUT2D eigenvalue weighted by molar-refractivity contribution is -0.137. The highest BCUT2D eigenvalue weighted by Crippen LogP contribution is 2.38. The molecule has 0 radical (unpaired) electrons. The maximum absolute atomic E-state index is 13.6. The Hall–Kier alpha value is -2.04. The van der Waals surface area contributed by atoms with Crippen LogP contribution in [0.5, 0.6) is 0 Å². The lowest BCUT2D eigenvalue weighted by Gasteiger charge is -2.20. The Kier molecular flexibility index (Phi) is 4.92. The third-order valence-corrected chi connectivity index (χ3v) is 4.62. The minimum atomic E-state index is -4.57. The third-order valence-electron chi connectivity index (χ3n) is 4.62. The van der Waals surface area contributed by atoms with Gasteiger partial charge in [-0.3, -0.25) is 4.79 Å². The van der Waals surface area contributed by atoms with Crippen molar-refractivity contribution in [3.8, 4) is 11.1 Å². The predicted molar refractivity (Wildman–Crippen MR) is 90.4 cm³/mol. The van der Waals surface area contributed by atoms with Crippen molar-refractivity contribution in [2.24, 2.45) is 7.05 Å². The van der Waals surface area contributed by atoms with Gasteiger partial charge in [0.15, 0.2) is 0 Å². The molecule has 2 aromatic rings. The van der Waals surface area contributed by atoms with Gasteiger partial charge in [0.1, 0.15) is 0 Å². The summed E-state index contributed by atoms with van der Waals surface area (Å²) in [6.45, 7) is 7.33. The Balaban J connectivity index is 2.98. The number of aryl methyl sites for hydroxylation is 2. The standard InChI is InChI=1S/C19H22F3NO/c1-6-13-11(3)8-9-15(14(13)7-2)17-16(19(20,21)22)10-12(4)23(5)18(17)24/h8-10H,6-7H2,1-5H3. The number of alkyl halides is 3. The molecule has 1 aromatic carbocycles. The van der Waals surface area contributed by atoms with Gasteiger partial charge in [-0.05, 0) is 55.0 Å². The Labute approximate surface area is 139 Å². The third kappa shape index (κ3) is 2.99. The molecular weight excluding hydrogens is 315 g/mol. The molecule has 0 saturated carbocycles. The molecule has 0 saturated heterocycles. The summed E-state index contributed by atoms with van der Waals surface area (Å²) < 4.78 is 42.0. The van der Waals surface area contributed by atoms with Crippen LogP contribution >= 0.6 is 0 Å². The van der Waals surface area contributed by atoms with Gasteiger partial charge in [0.25, 0.3) is 5.56 Å². The van der Waals surface area contributed by atoms with Crippen molar-refractivity contribution in [3.63, 3.8) is 0 Å². The van der Waals surface area contributed by atoms with Crippen molar-refractivity contribution in [3.05, 3.63) is 56.5 Å². The molecule has 2 nitrogen and oxygen atoms in total. The Bertz CT molecular complexity index is 832. The van der Waals surface area contributed by atoms with E-state index in [4.69, 9.17) is 0 Å². The van der Waals surface area contributed by atoms with Crippen molar-refractivity contribution in [2.75, 3.05) is 0 Å². The van der Waals surface area contributed by atoms with E-state index in [9.17, 15) is 18.0 Å². The lowest BCUT2D eigenvalue weighted by atomic mass is 9.88. The number of nitrogens with zero attached hydrogens (tertiary/aromatic N) is 1. The molecule has 5 heteroatoms. The first kappa shape index (κ1) is 18.3. The molecule has 0 aliphatic rings. The molecule has 1 heterocycles. The molecule has 0 bridgehead atoms. The highest BCUT2D eigenvalue weighted by Gasteiger charge is 2.36. The zero-order chi connectivity index (χ0) is 18.2. The smallest absolute Gasteiger partial charge is 0.315 e. The first-order valence-electron chi connectivity index (χ1n) is 8.02. The second-order valence-electron chi connectivity index (χ2n) is 6.03. The van der Waals surface area contributed by atoms with Crippen molar-refractivity contribution < 1.29 is 13.2 Å². The van der Waals surface area contributed by atoms with E-state index in [1.807, 2.05) is 20.8 Å². The highest BCUT2D eigenvalue weighted by molar-refractivity contribution is 5.73. The van der Waals surface area contributed by atoms with E-state index in [1.54, 1.807) is 12.1 Å². The molecule has 0 unspecified atom stereocenters. The average Bonchev–Trinajstić information content (AvgIpc) is 2.51. The van der Waals surface area contributed by atoms with E-state index < -0.39 is 17.3 Å². The first-order chi connectivity index (χ1) is 11.1. The minimum Gasteiger partial charge on any atom is -0.315 e. The van der Waals surface area contributed by atoms with Crippen LogP contribution in [0.2, 0.25) is 0 Å². The van der Waals surface area contributed by atoms with E-state index >= 15 is 0 Å². The second-order valence-corrected chi connectivity index (χ2v) is 6.03. The number of pyridine rings is 1. The Morgan fingerprint density at radius 3 is 2.12 bits per heavy atom. The molecule has 0 aliphatic carbocycles. The van der Waals surface area contributed by atoms with Crippen LogP contribution in [0, 0.1) is 13.8 Å². The molecule has 0 spiro atoms. The maximum atomic E-state index is 13.6. The van der Waals surface area contributed by atoms with Crippen LogP contribution in [0.25, 0.3) is 11.1 Å². The highest BCUT2D eigenvalue weighted by atomic mass is 19.4. The molecule has 24 heavy (non-hydrogen) atoms. The van der Waals surface area contributed by atoms with Gasteiger partial charge in [0.2, 0.25) is 0 Å². The molecule has 0 N–H and O–H groups in total. The van der Waals surface area contributed by atoms with Crippen LogP contribution in [0.4, 0.5) is 13.2 Å². The largest absolute Gasteiger partial charge is 0.417 e. The van der Waals surface area contributed by atoms with Gasteiger partial charge in [0, 0.05) is 12.7 Å². The Morgan fingerprint density at radius 1 is 1.04 bits per heavy atom. The quantitative estimate of drug-likeness (QED) is 0.787. The van der Waals surface area contributed by atoms with Crippen LogP contribution in [0.15, 0.2) is 23.0 Å². The molecule has 1 aromatic heterocycles. The van der Waals surface area contributed by atoms with Crippen LogP contribution in [0.1, 0.15) is 41.8 Å². The molecule has 0 aliphatic heterocycles. The SMILES string of the molecule is CCc1c(C)ccc(-c2c(C(F)(F)F)cc(C)n(C)c2=O)c1CC. The summed E-state index contributed by atoms with van der Waals surface area (Å²) in [5.41, 5.74) is 1.85. The van der Waals surface area contributed by atoms with E-state index in [-0.39, 0.29) is 11.3 Å². The number of rotatable bonds is 3. The monoisotopic (exact) mass is 337 g/mol. The number of hydrogen-bond donors (Lipinski definition) is 0. The minimum absolute atomic E-state index is 0.248. The fourth-order valence-corrected chi connectivity index (χ4v) is 3.25. The average molecular weight is 337 g/mol. The van der Waals surface area contributed by atoms with E-state index in [1.165, 1.54) is 18.5 Å². The number of aromatic nitrogens is 1. The topological polar surface area (TPSA) is 22.0 Å². The van der Waals surface area contributed by atoms with Gasteiger partial charge in [-0.2, -0.15) is 13.2 Å². The molecule has 0 atom stereocenters. The van der Waals surface area contributed by atoms with Gasteiger partial charge in [-0.25, -0.2) is 0 Å². The van der Waals surface area contributed by atoms with Crippen LogP contribution in [-0.2, 0) is 26.1 Å². The normalized spacial score (nSPS) is 11.8. The van der Waals surface area contributed by atoms with Gasteiger partial charge in [-0.1, -0.05) is 26.0 Å². The number of halogens is 3. The van der Waals surface area contributed by atoms with Gasteiger partial charge in [0.05, 0.1) is 11.1 Å². The summed E-state index contributed by atoms with van der Waals surface area (Å²) in [5.74, 6) is 0. The zero-order valence-electron chi connectivity index (χ0n) is 14.6. The molecule has 0 fully saturated rings. The lowest BCUT2D eigenvalue weighted by Crippen LogP contribution is -2.26. The molecule has 0 amide bonds. The summed E-state index contributed by atoms with van der Waals surface area (Å²) in [7, 11) is 1.50. The molecule has 2 rings (SSSR count). The summed E-state index contributed by atoms with van der Waals surface area (Å²) in [5, 5.41) is 0. The van der Waals surface area contributed by atoms with Gasteiger partial charge >= 0.3 is 6.18 Å². The van der Waals surface area contributed by atoms with E-state index in [0.29, 0.717) is 12.0 Å². The van der Waals surface area contributed by atoms with Gasteiger partial charge < -0.3 is 4.57 Å². The van der Waals surface area contributed by atoms with Crippen molar-refractivity contribution in [1.29, 1.82) is 0 Å². The predicted octanol–water partition coefficient (Wildman–Crippen LogP) is 4.81. The van der Waals surface area contributed by atoms with Crippen molar-refractivity contribution in [1.82, 2.24) is 4.57 Å². The first-order valence-corrected chi connectivity index (χ1v) is 8.02. The van der Waals surface area contributed by atoms with Crippen molar-refractivity contribution in [2.45, 2.75) is 46.7 Å². The number of benzene rings is 1. The second kappa shape index (κ2) is 6.46. The summed E-state index contributed by atoms with van der Waals surface area (Å²) in [6.07, 6.45) is -3.28. The van der Waals surface area contributed by atoms with Crippen LogP contribution < -0.4 is 5.56 Å². The molecule has 130 valence electrons. The zero-order valence-corrected chi connectivity index (χ0v) is 14.6. The fourth-order valence-electron chi connectivity index (χ4n) is 3.25. The summed E-state index contributed by atoms with van der Waals surface area (Å²) in [4.78, 5) is 12.7. The van der Waals surface area contributed by atoms with E-state index in [0.717, 1.165) is 29.2 Å². The number of hydrogen-bond acceptors (Lipinski definition) is 1. The maximum Gasteiger partial charge on any atom is 0.417 e. The van der Waals surface area contributed by atoms with Gasteiger partial charge in [-0.15, -0.1) is 0 Å². The summed E-state index contributed by atoms with van der Waals surface area (Å²) in [6, 6.07) is 4.50. The van der Waals surface area contributed by atoms with E-state index in [2.05, 4.69) is 0 Å².